The number of benzene rings is 1. The number of aromatic nitrogens is 1. The Labute approximate surface area is 130 Å². The Morgan fingerprint density at radius 3 is 2.36 bits per heavy atom. The highest BCUT2D eigenvalue weighted by Gasteiger charge is 2.19. The van der Waals surface area contributed by atoms with Gasteiger partial charge in [0.2, 0.25) is 0 Å². The Hall–Kier alpha value is -2.27. The van der Waals surface area contributed by atoms with Gasteiger partial charge in [0.25, 0.3) is 0 Å². The molecule has 1 aliphatic carbocycles. The smallest absolute Gasteiger partial charge is 0.130 e. The summed E-state index contributed by atoms with van der Waals surface area (Å²) in [5.74, 6) is 2.28. The van der Waals surface area contributed by atoms with E-state index < -0.39 is 0 Å². The van der Waals surface area contributed by atoms with Gasteiger partial charge >= 0.3 is 0 Å². The molecule has 0 amide bonds. The number of hydrogen-bond acceptors (Lipinski definition) is 5. The van der Waals surface area contributed by atoms with Crippen LogP contribution in [0.1, 0.15) is 18.4 Å². The third-order valence-electron chi connectivity index (χ3n) is 3.62. The van der Waals surface area contributed by atoms with E-state index in [-0.39, 0.29) is 0 Å². The molecule has 0 bridgehead atoms. The molecule has 2 N–H and O–H groups in total. The first-order chi connectivity index (χ1) is 10.8. The number of rotatable bonds is 7. The summed E-state index contributed by atoms with van der Waals surface area (Å²) in [6.45, 7) is 0.880. The van der Waals surface area contributed by atoms with Crippen LogP contribution in [0.5, 0.6) is 11.5 Å². The molecule has 1 fully saturated rings. The van der Waals surface area contributed by atoms with E-state index in [1.54, 1.807) is 14.2 Å². The fourth-order valence-corrected chi connectivity index (χ4v) is 2.18. The van der Waals surface area contributed by atoms with Crippen LogP contribution in [0.2, 0.25) is 0 Å². The second-order valence-electron chi connectivity index (χ2n) is 5.43. The molecule has 1 aliphatic rings. The van der Waals surface area contributed by atoms with Crippen molar-refractivity contribution in [3.05, 3.63) is 42.1 Å². The van der Waals surface area contributed by atoms with Gasteiger partial charge < -0.3 is 20.1 Å². The van der Waals surface area contributed by atoms with Crippen LogP contribution in [0.25, 0.3) is 0 Å². The fraction of sp³-hybridized carbons (Fsp3) is 0.353. The Bertz CT molecular complexity index is 602. The quantitative estimate of drug-likeness (QED) is 0.823. The predicted octanol–water partition coefficient (Wildman–Crippen LogP) is 3.09. The van der Waals surface area contributed by atoms with E-state index >= 15 is 0 Å². The lowest BCUT2D eigenvalue weighted by Crippen LogP contribution is -2.15. The molecule has 116 valence electrons. The number of pyridine rings is 1. The van der Waals surface area contributed by atoms with Crippen LogP contribution in [0.3, 0.4) is 0 Å². The van der Waals surface area contributed by atoms with Crippen molar-refractivity contribution in [3.8, 4) is 11.5 Å². The van der Waals surface area contributed by atoms with Crippen molar-refractivity contribution >= 4 is 11.5 Å². The van der Waals surface area contributed by atoms with Gasteiger partial charge in [-0.05, 0) is 24.5 Å². The van der Waals surface area contributed by atoms with Gasteiger partial charge in [0, 0.05) is 42.7 Å². The molecule has 5 nitrogen and oxygen atoms in total. The summed E-state index contributed by atoms with van der Waals surface area (Å²) in [4.78, 5) is 4.45. The third kappa shape index (κ3) is 3.89. The second-order valence-corrected chi connectivity index (χ2v) is 5.43. The van der Waals surface area contributed by atoms with E-state index in [2.05, 4.69) is 21.7 Å². The SMILES string of the molecule is COc1cc(Nc2ccc(CNC3CC3)cn2)cc(OC)c1. The highest BCUT2D eigenvalue weighted by atomic mass is 16.5. The van der Waals surface area contributed by atoms with Gasteiger partial charge in [-0.2, -0.15) is 0 Å². The Morgan fingerprint density at radius 1 is 1.09 bits per heavy atom. The molecule has 1 heterocycles. The van der Waals surface area contributed by atoms with Crippen molar-refractivity contribution in [2.24, 2.45) is 0 Å². The van der Waals surface area contributed by atoms with E-state index in [0.29, 0.717) is 6.04 Å². The van der Waals surface area contributed by atoms with Crippen molar-refractivity contribution in [1.82, 2.24) is 10.3 Å². The fourth-order valence-electron chi connectivity index (χ4n) is 2.18. The largest absolute Gasteiger partial charge is 0.497 e. The standard InChI is InChI=1S/C17H21N3O2/c1-21-15-7-14(8-16(9-15)22-2)20-17-6-3-12(11-19-17)10-18-13-4-5-13/h3,6-9,11,13,18H,4-5,10H2,1-2H3,(H,19,20). The Balaban J connectivity index is 1.66. The maximum Gasteiger partial charge on any atom is 0.130 e. The number of nitrogens with zero attached hydrogens (tertiary/aromatic N) is 1. The van der Waals surface area contributed by atoms with E-state index in [1.807, 2.05) is 30.5 Å². The molecular weight excluding hydrogens is 278 g/mol. The minimum Gasteiger partial charge on any atom is -0.497 e. The predicted molar refractivity (Wildman–Crippen MR) is 86.9 cm³/mol. The normalized spacial score (nSPS) is 13.7. The topological polar surface area (TPSA) is 55.4 Å². The monoisotopic (exact) mass is 299 g/mol. The molecular formula is C17H21N3O2. The van der Waals surface area contributed by atoms with Crippen molar-refractivity contribution in [1.29, 1.82) is 0 Å². The van der Waals surface area contributed by atoms with Gasteiger partial charge in [-0.15, -0.1) is 0 Å². The molecule has 0 radical (unpaired) electrons. The van der Waals surface area contributed by atoms with Gasteiger partial charge in [0.05, 0.1) is 14.2 Å². The van der Waals surface area contributed by atoms with Crippen molar-refractivity contribution in [2.45, 2.75) is 25.4 Å². The zero-order valence-electron chi connectivity index (χ0n) is 12.9. The Morgan fingerprint density at radius 2 is 1.82 bits per heavy atom. The van der Waals surface area contributed by atoms with Gasteiger partial charge in [-0.1, -0.05) is 6.07 Å². The third-order valence-corrected chi connectivity index (χ3v) is 3.62. The molecule has 0 spiro atoms. The molecule has 1 aromatic heterocycles. The average Bonchev–Trinajstić information content (AvgIpc) is 3.38. The molecule has 0 saturated heterocycles. The van der Waals surface area contributed by atoms with Crippen molar-refractivity contribution < 1.29 is 9.47 Å². The average molecular weight is 299 g/mol. The number of nitrogens with one attached hydrogen (secondary N) is 2. The highest BCUT2D eigenvalue weighted by Crippen LogP contribution is 2.27. The summed E-state index contributed by atoms with van der Waals surface area (Å²) in [5.41, 5.74) is 2.08. The highest BCUT2D eigenvalue weighted by molar-refractivity contribution is 5.61. The van der Waals surface area contributed by atoms with E-state index in [1.165, 1.54) is 18.4 Å². The summed E-state index contributed by atoms with van der Waals surface area (Å²) in [7, 11) is 3.27. The lowest BCUT2D eigenvalue weighted by atomic mass is 10.2. The van der Waals surface area contributed by atoms with E-state index in [0.717, 1.165) is 29.5 Å². The molecule has 1 saturated carbocycles. The van der Waals surface area contributed by atoms with Gasteiger partial charge in [-0.25, -0.2) is 4.98 Å². The first-order valence-electron chi connectivity index (χ1n) is 7.45. The lowest BCUT2D eigenvalue weighted by molar-refractivity contribution is 0.395. The van der Waals surface area contributed by atoms with Crippen LogP contribution in [-0.2, 0) is 6.54 Å². The number of hydrogen-bond donors (Lipinski definition) is 2. The van der Waals surface area contributed by atoms with Crippen molar-refractivity contribution in [2.75, 3.05) is 19.5 Å². The zero-order chi connectivity index (χ0) is 15.4. The number of methoxy groups -OCH3 is 2. The van der Waals surface area contributed by atoms with Gasteiger partial charge in [-0.3, -0.25) is 0 Å². The molecule has 0 aliphatic heterocycles. The first kappa shape index (κ1) is 14.7. The summed E-state index contributed by atoms with van der Waals surface area (Å²) in [6.07, 6.45) is 4.49. The minimum absolute atomic E-state index is 0.710. The summed E-state index contributed by atoms with van der Waals surface area (Å²) < 4.78 is 10.5. The van der Waals surface area contributed by atoms with Crippen LogP contribution >= 0.6 is 0 Å². The summed E-state index contributed by atoms with van der Waals surface area (Å²) in [5, 5.41) is 6.74. The first-order valence-corrected chi connectivity index (χ1v) is 7.45. The van der Waals surface area contributed by atoms with Crippen LogP contribution in [-0.4, -0.2) is 25.2 Å². The maximum absolute atomic E-state index is 5.27. The maximum atomic E-state index is 5.27. The van der Waals surface area contributed by atoms with Crippen LogP contribution in [0.4, 0.5) is 11.5 Å². The van der Waals surface area contributed by atoms with E-state index in [4.69, 9.17) is 9.47 Å². The van der Waals surface area contributed by atoms with E-state index in [9.17, 15) is 0 Å². The summed E-state index contributed by atoms with van der Waals surface area (Å²) in [6, 6.07) is 10.4. The van der Waals surface area contributed by atoms with Crippen LogP contribution in [0.15, 0.2) is 36.5 Å². The van der Waals surface area contributed by atoms with Crippen molar-refractivity contribution in [3.63, 3.8) is 0 Å². The molecule has 1 aromatic carbocycles. The second kappa shape index (κ2) is 6.66. The molecule has 0 atom stereocenters. The minimum atomic E-state index is 0.710. The molecule has 2 aromatic rings. The summed E-state index contributed by atoms with van der Waals surface area (Å²) >= 11 is 0. The molecule has 3 rings (SSSR count). The zero-order valence-corrected chi connectivity index (χ0v) is 12.9. The number of ether oxygens (including phenoxy) is 2. The molecule has 22 heavy (non-hydrogen) atoms. The van der Waals surface area contributed by atoms with Crippen LogP contribution in [0, 0.1) is 0 Å². The number of anilines is 2. The van der Waals surface area contributed by atoms with Gasteiger partial charge in [0.15, 0.2) is 0 Å². The van der Waals surface area contributed by atoms with Gasteiger partial charge in [0.1, 0.15) is 17.3 Å². The van der Waals surface area contributed by atoms with Crippen LogP contribution < -0.4 is 20.1 Å². The molecule has 5 heteroatoms. The molecule has 0 unspecified atom stereocenters. The Kier molecular flexibility index (Phi) is 4.44. The lowest BCUT2D eigenvalue weighted by Gasteiger charge is -2.10.